The first kappa shape index (κ1) is 17.5. The quantitative estimate of drug-likeness (QED) is 0.871. The van der Waals surface area contributed by atoms with Gasteiger partial charge in [0.15, 0.2) is 0 Å². The molecule has 1 aromatic heterocycles. The number of amides is 1. The smallest absolute Gasteiger partial charge is 0.255 e. The third-order valence-corrected chi connectivity index (χ3v) is 4.79. The standard InChI is InChI=1S/C19H25N3O3/c1-12-17(13(2)25-22-12)11-24-18-6-4-3-5-16(18)19(23)21-15-9-7-14(20)8-10-15/h3-6,14-15H,7-11,20H2,1-2H3,(H,21,23). The number of benzene rings is 1. The third kappa shape index (κ3) is 4.20. The van der Waals surface area contributed by atoms with E-state index >= 15 is 0 Å². The van der Waals surface area contributed by atoms with E-state index in [1.54, 1.807) is 6.07 Å². The molecule has 3 rings (SSSR count). The van der Waals surface area contributed by atoms with Crippen molar-refractivity contribution in [2.45, 2.75) is 58.2 Å². The Balaban J connectivity index is 1.67. The minimum absolute atomic E-state index is 0.102. The van der Waals surface area contributed by atoms with E-state index in [1.807, 2.05) is 32.0 Å². The molecule has 1 fully saturated rings. The molecule has 3 N–H and O–H groups in total. The summed E-state index contributed by atoms with van der Waals surface area (Å²) in [7, 11) is 0. The highest BCUT2D eigenvalue weighted by atomic mass is 16.5. The second-order valence-electron chi connectivity index (χ2n) is 6.67. The van der Waals surface area contributed by atoms with Gasteiger partial charge in [-0.25, -0.2) is 0 Å². The van der Waals surface area contributed by atoms with Crippen LogP contribution in [0.4, 0.5) is 0 Å². The summed E-state index contributed by atoms with van der Waals surface area (Å²) in [5, 5.41) is 7.03. The number of aryl methyl sites for hydroxylation is 2. The lowest BCUT2D eigenvalue weighted by Gasteiger charge is -2.27. The number of carbonyl (C=O) groups excluding carboxylic acids is 1. The van der Waals surface area contributed by atoms with Gasteiger partial charge in [-0.2, -0.15) is 0 Å². The van der Waals surface area contributed by atoms with E-state index in [2.05, 4.69) is 10.5 Å². The van der Waals surface area contributed by atoms with Crippen LogP contribution in [-0.2, 0) is 6.61 Å². The normalized spacial score (nSPS) is 20.3. The second-order valence-corrected chi connectivity index (χ2v) is 6.67. The van der Waals surface area contributed by atoms with Gasteiger partial charge in [-0.1, -0.05) is 17.3 Å². The Morgan fingerprint density at radius 2 is 2.00 bits per heavy atom. The molecule has 1 heterocycles. The first-order valence-corrected chi connectivity index (χ1v) is 8.74. The van der Waals surface area contributed by atoms with Gasteiger partial charge in [0.1, 0.15) is 18.1 Å². The molecular formula is C19H25N3O3. The lowest BCUT2D eigenvalue weighted by atomic mass is 9.91. The van der Waals surface area contributed by atoms with Gasteiger partial charge in [-0.05, 0) is 51.7 Å². The van der Waals surface area contributed by atoms with E-state index in [4.69, 9.17) is 15.0 Å². The van der Waals surface area contributed by atoms with E-state index < -0.39 is 0 Å². The Hall–Kier alpha value is -2.34. The zero-order chi connectivity index (χ0) is 17.8. The number of para-hydroxylation sites is 1. The molecule has 1 aliphatic rings. The lowest BCUT2D eigenvalue weighted by Crippen LogP contribution is -2.40. The molecule has 6 heteroatoms. The summed E-state index contributed by atoms with van der Waals surface area (Å²) in [5.74, 6) is 1.19. The number of nitrogens with two attached hydrogens (primary N) is 1. The highest BCUT2D eigenvalue weighted by Crippen LogP contribution is 2.23. The van der Waals surface area contributed by atoms with Gasteiger partial charge in [0.25, 0.3) is 5.91 Å². The largest absolute Gasteiger partial charge is 0.488 e. The van der Waals surface area contributed by atoms with Gasteiger partial charge in [-0.15, -0.1) is 0 Å². The van der Waals surface area contributed by atoms with Crippen molar-refractivity contribution in [3.8, 4) is 5.75 Å². The Kier molecular flexibility index (Phi) is 5.38. The summed E-state index contributed by atoms with van der Waals surface area (Å²) in [5.41, 5.74) is 8.19. The molecule has 0 saturated heterocycles. The van der Waals surface area contributed by atoms with Gasteiger partial charge in [0, 0.05) is 12.1 Å². The lowest BCUT2D eigenvalue weighted by molar-refractivity contribution is 0.0921. The molecule has 0 spiro atoms. The van der Waals surface area contributed by atoms with Crippen LogP contribution in [0.15, 0.2) is 28.8 Å². The molecule has 1 amide bonds. The van der Waals surface area contributed by atoms with Crippen LogP contribution in [0.2, 0.25) is 0 Å². The molecule has 134 valence electrons. The fourth-order valence-electron chi connectivity index (χ4n) is 3.16. The Bertz CT molecular complexity index is 714. The highest BCUT2D eigenvalue weighted by Gasteiger charge is 2.22. The van der Waals surface area contributed by atoms with E-state index in [0.29, 0.717) is 17.9 Å². The summed E-state index contributed by atoms with van der Waals surface area (Å²) in [6, 6.07) is 7.74. The maximum absolute atomic E-state index is 12.7. The maximum Gasteiger partial charge on any atom is 0.255 e. The van der Waals surface area contributed by atoms with Crippen molar-refractivity contribution >= 4 is 5.91 Å². The summed E-state index contributed by atoms with van der Waals surface area (Å²) in [6.45, 7) is 4.05. The fraction of sp³-hybridized carbons (Fsp3) is 0.474. The monoisotopic (exact) mass is 343 g/mol. The van der Waals surface area contributed by atoms with Crippen LogP contribution in [0.25, 0.3) is 0 Å². The van der Waals surface area contributed by atoms with Crippen molar-refractivity contribution in [3.05, 3.63) is 46.8 Å². The molecule has 2 aromatic rings. The molecule has 1 aliphatic carbocycles. The Morgan fingerprint density at radius 1 is 1.28 bits per heavy atom. The van der Waals surface area contributed by atoms with E-state index in [1.165, 1.54) is 0 Å². The van der Waals surface area contributed by atoms with E-state index in [0.717, 1.165) is 42.7 Å². The topological polar surface area (TPSA) is 90.4 Å². The molecule has 0 unspecified atom stereocenters. The number of hydrogen-bond acceptors (Lipinski definition) is 5. The summed E-state index contributed by atoms with van der Waals surface area (Å²) < 4.78 is 11.0. The third-order valence-electron chi connectivity index (χ3n) is 4.79. The SMILES string of the molecule is Cc1noc(C)c1COc1ccccc1C(=O)NC1CCC(N)CC1. The van der Waals surface area contributed by atoms with E-state index in [9.17, 15) is 4.79 Å². The fourth-order valence-corrected chi connectivity index (χ4v) is 3.16. The van der Waals surface area contributed by atoms with Crippen molar-refractivity contribution in [1.82, 2.24) is 10.5 Å². The first-order chi connectivity index (χ1) is 12.0. The minimum Gasteiger partial charge on any atom is -0.488 e. The van der Waals surface area contributed by atoms with Crippen molar-refractivity contribution in [3.63, 3.8) is 0 Å². The predicted octanol–water partition coefficient (Wildman–Crippen LogP) is 2.87. The molecule has 1 saturated carbocycles. The number of carbonyl (C=O) groups is 1. The number of rotatable bonds is 5. The average Bonchev–Trinajstić information content (AvgIpc) is 2.93. The average molecular weight is 343 g/mol. The van der Waals surface area contributed by atoms with Crippen LogP contribution in [0, 0.1) is 13.8 Å². The summed E-state index contributed by atoms with van der Waals surface area (Å²) in [6.07, 6.45) is 3.76. The van der Waals surface area contributed by atoms with Crippen LogP contribution in [0.5, 0.6) is 5.75 Å². The number of ether oxygens (including phenoxy) is 1. The Morgan fingerprint density at radius 3 is 2.68 bits per heavy atom. The molecule has 0 radical (unpaired) electrons. The van der Waals surface area contributed by atoms with Gasteiger partial charge in [0.2, 0.25) is 0 Å². The second kappa shape index (κ2) is 7.70. The first-order valence-electron chi connectivity index (χ1n) is 8.74. The summed E-state index contributed by atoms with van der Waals surface area (Å²) >= 11 is 0. The molecular weight excluding hydrogens is 318 g/mol. The van der Waals surface area contributed by atoms with Crippen LogP contribution in [0.1, 0.15) is 53.1 Å². The van der Waals surface area contributed by atoms with Gasteiger partial charge >= 0.3 is 0 Å². The Labute approximate surface area is 147 Å². The number of aromatic nitrogens is 1. The zero-order valence-corrected chi connectivity index (χ0v) is 14.7. The minimum atomic E-state index is -0.102. The summed E-state index contributed by atoms with van der Waals surface area (Å²) in [4.78, 5) is 12.7. The highest BCUT2D eigenvalue weighted by molar-refractivity contribution is 5.97. The molecule has 0 aliphatic heterocycles. The van der Waals surface area contributed by atoms with Crippen LogP contribution in [0.3, 0.4) is 0 Å². The van der Waals surface area contributed by atoms with Gasteiger partial charge in [-0.3, -0.25) is 4.79 Å². The van der Waals surface area contributed by atoms with E-state index in [-0.39, 0.29) is 18.0 Å². The molecule has 25 heavy (non-hydrogen) atoms. The van der Waals surface area contributed by atoms with Crippen molar-refractivity contribution < 1.29 is 14.1 Å². The number of hydrogen-bond donors (Lipinski definition) is 2. The van der Waals surface area contributed by atoms with Crippen molar-refractivity contribution in [2.75, 3.05) is 0 Å². The molecule has 1 aromatic carbocycles. The molecule has 6 nitrogen and oxygen atoms in total. The van der Waals surface area contributed by atoms with Gasteiger partial charge in [0.05, 0.1) is 16.8 Å². The number of nitrogens with zero attached hydrogens (tertiary/aromatic N) is 1. The van der Waals surface area contributed by atoms with Crippen molar-refractivity contribution in [2.24, 2.45) is 5.73 Å². The van der Waals surface area contributed by atoms with Crippen LogP contribution < -0.4 is 15.8 Å². The predicted molar refractivity (Wildman–Crippen MR) is 94.4 cm³/mol. The zero-order valence-electron chi connectivity index (χ0n) is 14.7. The molecule has 0 atom stereocenters. The van der Waals surface area contributed by atoms with Gasteiger partial charge < -0.3 is 20.3 Å². The van der Waals surface area contributed by atoms with Crippen molar-refractivity contribution in [1.29, 1.82) is 0 Å². The van der Waals surface area contributed by atoms with Crippen LogP contribution >= 0.6 is 0 Å². The number of nitrogens with one attached hydrogen (secondary N) is 1. The van der Waals surface area contributed by atoms with Crippen LogP contribution in [-0.4, -0.2) is 23.1 Å². The maximum atomic E-state index is 12.7. The molecule has 0 bridgehead atoms.